The molecule has 0 fully saturated rings. The van der Waals surface area contributed by atoms with Crippen LogP contribution in [0.1, 0.15) is 19.4 Å². The number of benzene rings is 1. The minimum Gasteiger partial charge on any atom is -0.497 e. The zero-order valence-electron chi connectivity index (χ0n) is 12.8. The topological polar surface area (TPSA) is 78.9 Å². The van der Waals surface area contributed by atoms with Gasteiger partial charge in [0, 0.05) is 18.8 Å². The highest BCUT2D eigenvalue weighted by Crippen LogP contribution is 2.21. The maximum atomic E-state index is 12.2. The van der Waals surface area contributed by atoms with Gasteiger partial charge in [-0.05, 0) is 37.6 Å². The SMILES string of the molecule is CCN(CC(C)C(=O)O)C(=O)Nc1ccc(OC)cc1C. The number of carboxylic acid groups (broad SMARTS) is 1. The van der Waals surface area contributed by atoms with E-state index in [0.29, 0.717) is 12.2 Å². The van der Waals surface area contributed by atoms with E-state index in [9.17, 15) is 9.59 Å². The molecule has 0 bridgehead atoms. The molecule has 0 aromatic heterocycles. The Hall–Kier alpha value is -2.24. The van der Waals surface area contributed by atoms with E-state index in [1.807, 2.05) is 19.9 Å². The molecule has 1 atom stereocenters. The van der Waals surface area contributed by atoms with Crippen LogP contribution in [-0.2, 0) is 4.79 Å². The summed E-state index contributed by atoms with van der Waals surface area (Å²) in [5.74, 6) is -0.799. The summed E-state index contributed by atoms with van der Waals surface area (Å²) in [7, 11) is 1.58. The van der Waals surface area contributed by atoms with E-state index >= 15 is 0 Å². The van der Waals surface area contributed by atoms with Crippen molar-refractivity contribution in [2.24, 2.45) is 5.92 Å². The van der Waals surface area contributed by atoms with E-state index in [2.05, 4.69) is 5.32 Å². The van der Waals surface area contributed by atoms with Gasteiger partial charge in [-0.1, -0.05) is 6.92 Å². The third kappa shape index (κ3) is 4.66. The zero-order valence-corrected chi connectivity index (χ0v) is 12.8. The molecule has 2 amide bonds. The molecule has 0 heterocycles. The molecule has 0 aliphatic carbocycles. The van der Waals surface area contributed by atoms with Gasteiger partial charge in [-0.15, -0.1) is 0 Å². The fourth-order valence-electron chi connectivity index (χ4n) is 1.86. The molecular weight excluding hydrogens is 272 g/mol. The molecular formula is C15H22N2O4. The summed E-state index contributed by atoms with van der Waals surface area (Å²) in [6, 6.07) is 5.05. The van der Waals surface area contributed by atoms with Crippen molar-refractivity contribution in [2.75, 3.05) is 25.5 Å². The Morgan fingerprint density at radius 3 is 2.57 bits per heavy atom. The maximum absolute atomic E-state index is 12.2. The molecule has 1 unspecified atom stereocenters. The highest BCUT2D eigenvalue weighted by molar-refractivity contribution is 5.90. The fraction of sp³-hybridized carbons (Fsp3) is 0.467. The summed E-state index contributed by atoms with van der Waals surface area (Å²) in [4.78, 5) is 24.6. The molecule has 1 rings (SSSR count). The van der Waals surface area contributed by atoms with E-state index in [0.717, 1.165) is 11.3 Å². The number of carboxylic acids is 1. The monoisotopic (exact) mass is 294 g/mol. The van der Waals surface area contributed by atoms with Gasteiger partial charge in [-0.2, -0.15) is 0 Å². The number of urea groups is 1. The van der Waals surface area contributed by atoms with E-state index < -0.39 is 11.9 Å². The van der Waals surface area contributed by atoms with Crippen LogP contribution >= 0.6 is 0 Å². The number of rotatable bonds is 6. The van der Waals surface area contributed by atoms with Crippen LogP contribution in [0.15, 0.2) is 18.2 Å². The molecule has 116 valence electrons. The first-order valence-corrected chi connectivity index (χ1v) is 6.82. The van der Waals surface area contributed by atoms with Gasteiger partial charge in [0.1, 0.15) is 5.75 Å². The first kappa shape index (κ1) is 16.8. The summed E-state index contributed by atoms with van der Waals surface area (Å²) in [5.41, 5.74) is 1.56. The van der Waals surface area contributed by atoms with Crippen molar-refractivity contribution in [2.45, 2.75) is 20.8 Å². The van der Waals surface area contributed by atoms with Crippen molar-refractivity contribution >= 4 is 17.7 Å². The number of ether oxygens (including phenoxy) is 1. The number of hydrogen-bond donors (Lipinski definition) is 2. The maximum Gasteiger partial charge on any atom is 0.321 e. The normalized spacial score (nSPS) is 11.6. The molecule has 0 spiro atoms. The van der Waals surface area contributed by atoms with Crippen LogP contribution in [0.25, 0.3) is 0 Å². The van der Waals surface area contributed by atoms with Gasteiger partial charge in [0.05, 0.1) is 13.0 Å². The van der Waals surface area contributed by atoms with Crippen LogP contribution in [-0.4, -0.2) is 42.2 Å². The molecule has 21 heavy (non-hydrogen) atoms. The van der Waals surface area contributed by atoms with Gasteiger partial charge < -0.3 is 20.1 Å². The van der Waals surface area contributed by atoms with Crippen molar-refractivity contribution < 1.29 is 19.4 Å². The molecule has 6 heteroatoms. The number of methoxy groups -OCH3 is 1. The second-order valence-electron chi connectivity index (χ2n) is 4.89. The molecule has 0 radical (unpaired) electrons. The number of nitrogens with one attached hydrogen (secondary N) is 1. The van der Waals surface area contributed by atoms with Crippen molar-refractivity contribution in [3.63, 3.8) is 0 Å². The van der Waals surface area contributed by atoms with E-state index in [1.165, 1.54) is 4.90 Å². The number of nitrogens with zero attached hydrogens (tertiary/aromatic N) is 1. The quantitative estimate of drug-likeness (QED) is 0.845. The van der Waals surface area contributed by atoms with Crippen molar-refractivity contribution in [1.29, 1.82) is 0 Å². The lowest BCUT2D eigenvalue weighted by atomic mass is 10.1. The zero-order chi connectivity index (χ0) is 16.0. The Balaban J connectivity index is 2.76. The number of aryl methyl sites for hydroxylation is 1. The van der Waals surface area contributed by atoms with E-state index in [1.54, 1.807) is 26.2 Å². The number of anilines is 1. The van der Waals surface area contributed by atoms with Crippen LogP contribution in [0.2, 0.25) is 0 Å². The Labute approximate surface area is 124 Å². The summed E-state index contributed by atoms with van der Waals surface area (Å²) in [6.45, 7) is 5.88. The highest BCUT2D eigenvalue weighted by atomic mass is 16.5. The first-order valence-electron chi connectivity index (χ1n) is 6.82. The number of carbonyl (C=O) groups excluding carboxylic acids is 1. The Kier molecular flexibility index (Phi) is 6.02. The number of hydrogen-bond acceptors (Lipinski definition) is 3. The van der Waals surface area contributed by atoms with Crippen LogP contribution in [0.4, 0.5) is 10.5 Å². The third-order valence-corrected chi connectivity index (χ3v) is 3.26. The summed E-state index contributed by atoms with van der Waals surface area (Å²) in [5, 5.41) is 11.7. The lowest BCUT2D eigenvalue weighted by Crippen LogP contribution is -2.39. The minimum atomic E-state index is -0.915. The molecule has 2 N–H and O–H groups in total. The average Bonchev–Trinajstić information content (AvgIpc) is 2.46. The molecule has 1 aromatic carbocycles. The highest BCUT2D eigenvalue weighted by Gasteiger charge is 2.19. The van der Waals surface area contributed by atoms with Crippen LogP contribution in [0, 0.1) is 12.8 Å². The number of amides is 2. The third-order valence-electron chi connectivity index (χ3n) is 3.26. The molecule has 6 nitrogen and oxygen atoms in total. The summed E-state index contributed by atoms with van der Waals surface area (Å²) < 4.78 is 5.11. The Bertz CT molecular complexity index is 516. The number of carbonyl (C=O) groups is 2. The van der Waals surface area contributed by atoms with Crippen LogP contribution < -0.4 is 10.1 Å². The Morgan fingerprint density at radius 2 is 2.10 bits per heavy atom. The molecule has 0 saturated carbocycles. The lowest BCUT2D eigenvalue weighted by Gasteiger charge is -2.23. The second kappa shape index (κ2) is 7.52. The fourth-order valence-corrected chi connectivity index (χ4v) is 1.86. The first-order chi connectivity index (χ1) is 9.88. The van der Waals surface area contributed by atoms with Gasteiger partial charge >= 0.3 is 12.0 Å². The summed E-state index contributed by atoms with van der Waals surface area (Å²) in [6.07, 6.45) is 0. The van der Waals surface area contributed by atoms with Crippen molar-refractivity contribution in [1.82, 2.24) is 4.90 Å². The molecule has 0 aliphatic rings. The van der Waals surface area contributed by atoms with Gasteiger partial charge in [0.15, 0.2) is 0 Å². The molecule has 1 aromatic rings. The van der Waals surface area contributed by atoms with E-state index in [-0.39, 0.29) is 12.6 Å². The lowest BCUT2D eigenvalue weighted by molar-refractivity contribution is -0.141. The predicted octanol–water partition coefficient (Wildman–Crippen LogP) is 2.58. The number of aliphatic carboxylic acids is 1. The molecule has 0 saturated heterocycles. The van der Waals surface area contributed by atoms with Crippen molar-refractivity contribution in [3.05, 3.63) is 23.8 Å². The van der Waals surface area contributed by atoms with Crippen LogP contribution in [0.5, 0.6) is 5.75 Å². The predicted molar refractivity (Wildman–Crippen MR) is 80.8 cm³/mol. The van der Waals surface area contributed by atoms with Gasteiger partial charge in [-0.25, -0.2) is 4.79 Å². The minimum absolute atomic E-state index is 0.173. The average molecular weight is 294 g/mol. The van der Waals surface area contributed by atoms with Gasteiger partial charge in [0.2, 0.25) is 0 Å². The second-order valence-corrected chi connectivity index (χ2v) is 4.89. The van der Waals surface area contributed by atoms with Gasteiger partial charge in [-0.3, -0.25) is 4.79 Å². The Morgan fingerprint density at radius 1 is 1.43 bits per heavy atom. The van der Waals surface area contributed by atoms with Crippen molar-refractivity contribution in [3.8, 4) is 5.75 Å². The standard InChI is InChI=1S/C15H22N2O4/c1-5-17(9-11(3)14(18)19)15(20)16-13-7-6-12(21-4)8-10(13)2/h6-8,11H,5,9H2,1-4H3,(H,16,20)(H,18,19). The van der Waals surface area contributed by atoms with Crippen LogP contribution in [0.3, 0.4) is 0 Å². The molecule has 0 aliphatic heterocycles. The largest absolute Gasteiger partial charge is 0.497 e. The van der Waals surface area contributed by atoms with E-state index in [4.69, 9.17) is 9.84 Å². The smallest absolute Gasteiger partial charge is 0.321 e. The summed E-state index contributed by atoms with van der Waals surface area (Å²) >= 11 is 0. The van der Waals surface area contributed by atoms with Gasteiger partial charge in [0.25, 0.3) is 0 Å².